The second-order valence-electron chi connectivity index (χ2n) is 4.93. The summed E-state index contributed by atoms with van der Waals surface area (Å²) in [4.78, 5) is 23.1. The monoisotopic (exact) mass is 331 g/mol. The van der Waals surface area contributed by atoms with Gasteiger partial charge < -0.3 is 16.0 Å². The van der Waals surface area contributed by atoms with Crippen LogP contribution in [0.4, 0.5) is 10.2 Å². The zero-order valence-corrected chi connectivity index (χ0v) is 13.2. The van der Waals surface area contributed by atoms with E-state index < -0.39 is 5.82 Å². The van der Waals surface area contributed by atoms with E-state index in [1.54, 1.807) is 18.2 Å². The molecule has 0 aliphatic heterocycles. The van der Waals surface area contributed by atoms with Crippen LogP contribution >= 0.6 is 0 Å². The molecule has 0 radical (unpaired) electrons. The largest absolute Gasteiger partial charge is 0.369 e. The van der Waals surface area contributed by atoms with Gasteiger partial charge in [-0.3, -0.25) is 9.59 Å². The highest BCUT2D eigenvalue weighted by Gasteiger charge is 2.06. The van der Waals surface area contributed by atoms with Crippen LogP contribution in [0, 0.1) is 5.82 Å². The molecular formula is C16H18FN5O2. The lowest BCUT2D eigenvalue weighted by molar-refractivity contribution is 0.0947. The molecule has 0 saturated carbocycles. The Morgan fingerprint density at radius 1 is 1.08 bits per heavy atom. The zero-order valence-electron chi connectivity index (χ0n) is 13.2. The molecule has 2 aromatic rings. The van der Waals surface area contributed by atoms with Crippen LogP contribution in [0.1, 0.15) is 27.3 Å². The van der Waals surface area contributed by atoms with Crippen LogP contribution in [0.5, 0.6) is 0 Å². The molecule has 0 aliphatic carbocycles. The van der Waals surface area contributed by atoms with E-state index in [0.29, 0.717) is 30.9 Å². The van der Waals surface area contributed by atoms with Gasteiger partial charge >= 0.3 is 0 Å². The Morgan fingerprint density at radius 3 is 2.58 bits per heavy atom. The number of carbonyl (C=O) groups is 2. The van der Waals surface area contributed by atoms with Crippen molar-refractivity contribution in [1.82, 2.24) is 20.8 Å². The summed E-state index contributed by atoms with van der Waals surface area (Å²) >= 11 is 0. The van der Waals surface area contributed by atoms with E-state index in [-0.39, 0.29) is 17.5 Å². The summed E-state index contributed by atoms with van der Waals surface area (Å²) in [5.41, 5.74) is 0.532. The molecule has 1 aromatic carbocycles. The van der Waals surface area contributed by atoms with E-state index in [4.69, 9.17) is 0 Å². The number of nitrogens with one attached hydrogen (secondary N) is 3. The van der Waals surface area contributed by atoms with E-state index in [9.17, 15) is 14.0 Å². The van der Waals surface area contributed by atoms with Crippen molar-refractivity contribution < 1.29 is 14.0 Å². The number of aromatic nitrogens is 2. The first kappa shape index (κ1) is 17.3. The highest BCUT2D eigenvalue weighted by atomic mass is 19.1. The van der Waals surface area contributed by atoms with E-state index >= 15 is 0 Å². The highest BCUT2D eigenvalue weighted by molar-refractivity contribution is 5.94. The van der Waals surface area contributed by atoms with Gasteiger partial charge in [-0.15, -0.1) is 10.2 Å². The lowest BCUT2D eigenvalue weighted by Gasteiger charge is -2.07. The maximum absolute atomic E-state index is 13.0. The average Bonchev–Trinajstić information content (AvgIpc) is 2.61. The van der Waals surface area contributed by atoms with Crippen molar-refractivity contribution in [3.8, 4) is 0 Å². The third-order valence-electron chi connectivity index (χ3n) is 3.16. The summed E-state index contributed by atoms with van der Waals surface area (Å²) in [7, 11) is 1.52. The van der Waals surface area contributed by atoms with Crippen LogP contribution in [0.2, 0.25) is 0 Å². The summed E-state index contributed by atoms with van der Waals surface area (Å²) in [5.74, 6) is -0.513. The third-order valence-corrected chi connectivity index (χ3v) is 3.16. The minimum Gasteiger partial charge on any atom is -0.369 e. The number of benzene rings is 1. The Hall–Kier alpha value is -3.03. The van der Waals surface area contributed by atoms with Crippen molar-refractivity contribution >= 4 is 17.6 Å². The third kappa shape index (κ3) is 5.01. The molecule has 0 saturated heterocycles. The highest BCUT2D eigenvalue weighted by Crippen LogP contribution is 2.04. The molecule has 0 aliphatic rings. The lowest BCUT2D eigenvalue weighted by Crippen LogP contribution is -2.26. The molecule has 0 unspecified atom stereocenters. The van der Waals surface area contributed by atoms with Crippen LogP contribution in [0.25, 0.3) is 0 Å². The number of anilines is 1. The second kappa shape index (κ2) is 8.56. The predicted octanol–water partition coefficient (Wildman–Crippen LogP) is 1.21. The standard InChI is InChI=1S/C16H18FN5O2/c1-18-16(24)13-6-7-14(22-21-13)19-8-3-9-20-15(23)11-4-2-5-12(17)10-11/h2,4-7,10H,3,8-9H2,1H3,(H,18,24)(H,19,22)(H,20,23). The molecular weight excluding hydrogens is 313 g/mol. The number of hydrogen-bond acceptors (Lipinski definition) is 5. The number of carbonyl (C=O) groups excluding carboxylic acids is 2. The number of rotatable bonds is 7. The predicted molar refractivity (Wildman–Crippen MR) is 87.3 cm³/mol. The van der Waals surface area contributed by atoms with Crippen molar-refractivity contribution in [3.63, 3.8) is 0 Å². The summed E-state index contributed by atoms with van der Waals surface area (Å²) in [5, 5.41) is 15.9. The summed E-state index contributed by atoms with van der Waals surface area (Å²) in [6.45, 7) is 1.00. The molecule has 126 valence electrons. The molecule has 0 fully saturated rings. The second-order valence-corrected chi connectivity index (χ2v) is 4.93. The Kier molecular flexibility index (Phi) is 6.18. The van der Waals surface area contributed by atoms with Gasteiger partial charge in [0.2, 0.25) is 0 Å². The summed E-state index contributed by atoms with van der Waals surface area (Å²) in [6.07, 6.45) is 0.653. The van der Waals surface area contributed by atoms with Crippen molar-refractivity contribution in [2.45, 2.75) is 6.42 Å². The fourth-order valence-electron chi connectivity index (χ4n) is 1.91. The first-order chi connectivity index (χ1) is 11.6. The minimum atomic E-state index is -0.442. The molecule has 2 amide bonds. The Bertz CT molecular complexity index is 706. The topological polar surface area (TPSA) is 96.0 Å². The fourth-order valence-corrected chi connectivity index (χ4v) is 1.91. The maximum Gasteiger partial charge on any atom is 0.271 e. The Labute approximate surface area is 138 Å². The first-order valence-electron chi connectivity index (χ1n) is 7.43. The minimum absolute atomic E-state index is 0.241. The van der Waals surface area contributed by atoms with Gasteiger partial charge in [-0.2, -0.15) is 0 Å². The van der Waals surface area contributed by atoms with Gasteiger partial charge in [0.15, 0.2) is 5.69 Å². The molecule has 2 rings (SSSR count). The van der Waals surface area contributed by atoms with E-state index in [1.807, 2.05) is 0 Å². The maximum atomic E-state index is 13.0. The van der Waals surface area contributed by atoms with Crippen LogP contribution < -0.4 is 16.0 Å². The van der Waals surface area contributed by atoms with Crippen molar-refractivity contribution in [2.75, 3.05) is 25.5 Å². The molecule has 7 nitrogen and oxygen atoms in total. The van der Waals surface area contributed by atoms with Gasteiger partial charge in [0.25, 0.3) is 11.8 Å². The van der Waals surface area contributed by atoms with E-state index in [0.717, 1.165) is 0 Å². The van der Waals surface area contributed by atoms with E-state index in [1.165, 1.54) is 25.2 Å². The molecule has 1 heterocycles. The van der Waals surface area contributed by atoms with Gasteiger partial charge in [0.1, 0.15) is 11.6 Å². The fraction of sp³-hybridized carbons (Fsp3) is 0.250. The SMILES string of the molecule is CNC(=O)c1ccc(NCCCNC(=O)c2cccc(F)c2)nn1. The molecule has 0 spiro atoms. The van der Waals surface area contributed by atoms with Gasteiger partial charge in [-0.05, 0) is 36.8 Å². The zero-order chi connectivity index (χ0) is 17.4. The first-order valence-corrected chi connectivity index (χ1v) is 7.43. The van der Waals surface area contributed by atoms with Crippen molar-refractivity contribution in [3.05, 3.63) is 53.5 Å². The average molecular weight is 331 g/mol. The quantitative estimate of drug-likeness (QED) is 0.663. The number of nitrogens with zero attached hydrogens (tertiary/aromatic N) is 2. The van der Waals surface area contributed by atoms with Gasteiger partial charge in [-0.25, -0.2) is 4.39 Å². The molecule has 0 atom stereocenters. The van der Waals surface area contributed by atoms with Gasteiger partial charge in [0, 0.05) is 25.7 Å². The Morgan fingerprint density at radius 2 is 1.92 bits per heavy atom. The van der Waals surface area contributed by atoms with Crippen LogP contribution in [0.15, 0.2) is 36.4 Å². The Balaban J connectivity index is 1.69. The molecule has 24 heavy (non-hydrogen) atoms. The summed E-state index contributed by atoms with van der Waals surface area (Å²) in [6, 6.07) is 8.75. The molecule has 0 bridgehead atoms. The summed E-state index contributed by atoms with van der Waals surface area (Å²) < 4.78 is 13.0. The number of hydrogen-bond donors (Lipinski definition) is 3. The van der Waals surface area contributed by atoms with Crippen LogP contribution in [0.3, 0.4) is 0 Å². The van der Waals surface area contributed by atoms with Crippen LogP contribution in [-0.2, 0) is 0 Å². The lowest BCUT2D eigenvalue weighted by atomic mass is 10.2. The normalized spacial score (nSPS) is 10.1. The van der Waals surface area contributed by atoms with Crippen molar-refractivity contribution in [1.29, 1.82) is 0 Å². The number of halogens is 1. The van der Waals surface area contributed by atoms with E-state index in [2.05, 4.69) is 26.1 Å². The molecule has 3 N–H and O–H groups in total. The smallest absolute Gasteiger partial charge is 0.271 e. The van der Waals surface area contributed by atoms with Gasteiger partial charge in [-0.1, -0.05) is 6.07 Å². The molecule has 1 aromatic heterocycles. The molecule has 8 heteroatoms. The van der Waals surface area contributed by atoms with Gasteiger partial charge in [0.05, 0.1) is 0 Å². The van der Waals surface area contributed by atoms with Crippen molar-refractivity contribution in [2.24, 2.45) is 0 Å². The van der Waals surface area contributed by atoms with Crippen LogP contribution in [-0.4, -0.2) is 42.1 Å². The number of amides is 2.